The molecule has 0 aliphatic rings. The van der Waals surface area contributed by atoms with E-state index in [9.17, 15) is 18.0 Å². The first-order valence-corrected chi connectivity index (χ1v) is 10.8. The van der Waals surface area contributed by atoms with E-state index in [1.165, 1.54) is 24.9 Å². The molecule has 0 spiro atoms. The zero-order chi connectivity index (χ0) is 23.3. The second-order valence-corrected chi connectivity index (χ2v) is 8.60. The fourth-order valence-electron chi connectivity index (χ4n) is 2.71. The van der Waals surface area contributed by atoms with Gasteiger partial charge in [0.05, 0.1) is 11.8 Å². The average Bonchev–Trinajstić information content (AvgIpc) is 3.04. The summed E-state index contributed by atoms with van der Waals surface area (Å²) in [6.45, 7) is 1.00. The number of carbonyl (C=O) groups is 1. The third-order valence-electron chi connectivity index (χ3n) is 4.10. The van der Waals surface area contributed by atoms with Gasteiger partial charge in [-0.2, -0.15) is 18.3 Å². The number of nitrogens with one attached hydrogen (secondary N) is 1. The third-order valence-corrected chi connectivity index (χ3v) is 5.84. The van der Waals surface area contributed by atoms with Crippen LogP contribution in [-0.4, -0.2) is 21.9 Å². The number of alkyl halides is 3. The van der Waals surface area contributed by atoms with Crippen LogP contribution >= 0.6 is 27.7 Å². The zero-order valence-electron chi connectivity index (χ0n) is 17.0. The molecule has 0 unspecified atom stereocenters. The molecule has 3 aromatic rings. The molecule has 0 radical (unpaired) electrons. The summed E-state index contributed by atoms with van der Waals surface area (Å²) in [6, 6.07) is 13.9. The first kappa shape index (κ1) is 23.9. The van der Waals surface area contributed by atoms with E-state index in [0.717, 1.165) is 21.1 Å². The summed E-state index contributed by atoms with van der Waals surface area (Å²) in [4.78, 5) is 17.0. The molecular formula is C21H18BrF3N4O2S. The molecule has 1 aromatic heterocycles. The number of carbonyl (C=O) groups excluding carboxylic acids is 1. The van der Waals surface area contributed by atoms with E-state index in [0.29, 0.717) is 16.3 Å². The van der Waals surface area contributed by atoms with Crippen LogP contribution in [0, 0.1) is 0 Å². The van der Waals surface area contributed by atoms with Gasteiger partial charge in [0, 0.05) is 29.0 Å². The van der Waals surface area contributed by atoms with Crippen LogP contribution in [0.2, 0.25) is 0 Å². The van der Waals surface area contributed by atoms with Crippen LogP contribution in [0.15, 0.2) is 68.1 Å². The van der Waals surface area contributed by atoms with Crippen LogP contribution in [0.4, 0.5) is 18.9 Å². The van der Waals surface area contributed by atoms with Crippen molar-refractivity contribution in [1.29, 1.82) is 0 Å². The highest BCUT2D eigenvalue weighted by atomic mass is 79.9. The normalized spacial score (nSPS) is 11.7. The van der Waals surface area contributed by atoms with Crippen molar-refractivity contribution >= 4 is 45.5 Å². The predicted molar refractivity (Wildman–Crippen MR) is 120 cm³/mol. The van der Waals surface area contributed by atoms with E-state index in [-0.39, 0.29) is 11.5 Å². The van der Waals surface area contributed by atoms with Crippen LogP contribution in [0.25, 0.3) is 0 Å². The fraction of sp³-hybridized carbons (Fsp3) is 0.190. The van der Waals surface area contributed by atoms with E-state index < -0.39 is 18.5 Å². The van der Waals surface area contributed by atoms with E-state index in [2.05, 4.69) is 31.5 Å². The van der Waals surface area contributed by atoms with E-state index in [4.69, 9.17) is 4.84 Å². The maximum absolute atomic E-state index is 13.5. The molecule has 0 fully saturated rings. The number of nitrogens with zero attached hydrogens (tertiary/aromatic N) is 3. The minimum absolute atomic E-state index is 0.0916. The first-order chi connectivity index (χ1) is 15.1. The van der Waals surface area contributed by atoms with Gasteiger partial charge < -0.3 is 10.2 Å². The van der Waals surface area contributed by atoms with Crippen molar-refractivity contribution in [3.05, 3.63) is 69.8 Å². The zero-order valence-corrected chi connectivity index (χ0v) is 19.4. The van der Waals surface area contributed by atoms with Crippen molar-refractivity contribution in [2.24, 2.45) is 12.2 Å². The van der Waals surface area contributed by atoms with Crippen LogP contribution < -0.4 is 5.32 Å². The molecule has 6 nitrogen and oxygen atoms in total. The molecule has 0 atom stereocenters. The Morgan fingerprint density at radius 2 is 1.88 bits per heavy atom. The molecule has 0 aliphatic carbocycles. The van der Waals surface area contributed by atoms with Gasteiger partial charge in [-0.25, -0.2) is 0 Å². The molecule has 2 aromatic carbocycles. The first-order valence-electron chi connectivity index (χ1n) is 9.23. The SMILES string of the molecule is CC(=O)Nc1ccc(/C=N\OCc2c(C(F)(F)F)nn(C)c2Sc2ccc(Br)cc2)cc1. The lowest BCUT2D eigenvalue weighted by Crippen LogP contribution is -2.10. The van der Waals surface area contributed by atoms with Gasteiger partial charge in [0.15, 0.2) is 5.69 Å². The van der Waals surface area contributed by atoms with Gasteiger partial charge in [0.25, 0.3) is 0 Å². The molecule has 1 amide bonds. The summed E-state index contributed by atoms with van der Waals surface area (Å²) < 4.78 is 42.6. The van der Waals surface area contributed by atoms with Gasteiger partial charge in [-0.1, -0.05) is 45.0 Å². The predicted octanol–water partition coefficient (Wildman–Crippen LogP) is 5.86. The molecule has 0 bridgehead atoms. The van der Waals surface area contributed by atoms with Gasteiger partial charge in [-0.3, -0.25) is 9.48 Å². The Hall–Kier alpha value is -2.79. The fourth-order valence-corrected chi connectivity index (χ4v) is 3.92. The van der Waals surface area contributed by atoms with Crippen LogP contribution in [0.1, 0.15) is 23.7 Å². The van der Waals surface area contributed by atoms with E-state index in [1.807, 2.05) is 0 Å². The second kappa shape index (κ2) is 10.2. The third kappa shape index (κ3) is 6.36. The number of amides is 1. The van der Waals surface area contributed by atoms with E-state index in [1.54, 1.807) is 48.5 Å². The summed E-state index contributed by atoms with van der Waals surface area (Å²) in [6.07, 6.45) is -3.25. The van der Waals surface area contributed by atoms with Gasteiger partial charge >= 0.3 is 6.18 Å². The number of halogens is 4. The largest absolute Gasteiger partial charge is 0.435 e. The maximum atomic E-state index is 13.5. The van der Waals surface area contributed by atoms with Gasteiger partial charge in [-0.05, 0) is 42.0 Å². The van der Waals surface area contributed by atoms with Gasteiger partial charge in [0.2, 0.25) is 5.91 Å². The standard InChI is InChI=1S/C21H18BrF3N4O2S/c1-13(30)27-16-7-3-14(4-8-16)11-26-31-12-18-19(21(23,24)25)28-29(2)20(18)32-17-9-5-15(22)6-10-17/h3-11H,12H2,1-2H3,(H,27,30)/b26-11-. The number of hydrogen-bond acceptors (Lipinski definition) is 5. The summed E-state index contributed by atoms with van der Waals surface area (Å²) in [5.74, 6) is -0.191. The summed E-state index contributed by atoms with van der Waals surface area (Å²) >= 11 is 4.50. The molecule has 3 rings (SSSR count). The van der Waals surface area contributed by atoms with Crippen molar-refractivity contribution < 1.29 is 22.8 Å². The molecule has 0 aliphatic heterocycles. The van der Waals surface area contributed by atoms with Crippen LogP contribution in [0.5, 0.6) is 0 Å². The lowest BCUT2D eigenvalue weighted by Gasteiger charge is -2.08. The van der Waals surface area contributed by atoms with E-state index >= 15 is 0 Å². The number of aryl methyl sites for hydroxylation is 1. The minimum Gasteiger partial charge on any atom is -0.391 e. The molecule has 11 heteroatoms. The van der Waals surface area contributed by atoms with Crippen molar-refractivity contribution in [3.63, 3.8) is 0 Å². The quantitative estimate of drug-likeness (QED) is 0.309. The molecule has 0 saturated carbocycles. The van der Waals surface area contributed by atoms with Crippen molar-refractivity contribution in [2.45, 2.75) is 29.6 Å². The number of benzene rings is 2. The summed E-state index contributed by atoms with van der Waals surface area (Å²) in [5, 5.41) is 10.4. The van der Waals surface area contributed by atoms with Crippen molar-refractivity contribution in [2.75, 3.05) is 5.32 Å². The molecule has 32 heavy (non-hydrogen) atoms. The second-order valence-electron chi connectivity index (χ2n) is 6.62. The number of anilines is 1. The molecule has 0 saturated heterocycles. The Morgan fingerprint density at radius 1 is 1.22 bits per heavy atom. The summed E-state index contributed by atoms with van der Waals surface area (Å²) in [7, 11) is 1.46. The highest BCUT2D eigenvalue weighted by Gasteiger charge is 2.39. The lowest BCUT2D eigenvalue weighted by molar-refractivity contribution is -0.142. The maximum Gasteiger partial charge on any atom is 0.435 e. The Kier molecular flexibility index (Phi) is 7.62. The van der Waals surface area contributed by atoms with Crippen LogP contribution in [-0.2, 0) is 29.5 Å². The average molecular weight is 527 g/mol. The van der Waals surface area contributed by atoms with Crippen molar-refractivity contribution in [1.82, 2.24) is 9.78 Å². The topological polar surface area (TPSA) is 68.5 Å². The molecule has 1 N–H and O–H groups in total. The molecule has 1 heterocycles. The number of aromatic nitrogens is 2. The molecular weight excluding hydrogens is 509 g/mol. The Labute approximate surface area is 195 Å². The number of oxime groups is 1. The Balaban J connectivity index is 1.76. The number of hydrogen-bond donors (Lipinski definition) is 1. The van der Waals surface area contributed by atoms with Crippen molar-refractivity contribution in [3.8, 4) is 0 Å². The van der Waals surface area contributed by atoms with Crippen LogP contribution in [0.3, 0.4) is 0 Å². The Bertz CT molecular complexity index is 1110. The Morgan fingerprint density at radius 3 is 2.47 bits per heavy atom. The minimum atomic E-state index is -4.63. The summed E-state index contributed by atoms with van der Waals surface area (Å²) in [5.41, 5.74) is 0.182. The molecule has 168 valence electrons. The monoisotopic (exact) mass is 526 g/mol. The highest BCUT2D eigenvalue weighted by molar-refractivity contribution is 9.10. The number of rotatable bonds is 7. The van der Waals surface area contributed by atoms with Gasteiger partial charge in [-0.15, -0.1) is 0 Å². The highest BCUT2D eigenvalue weighted by Crippen LogP contribution is 2.39. The lowest BCUT2D eigenvalue weighted by atomic mass is 10.2. The smallest absolute Gasteiger partial charge is 0.391 e. The van der Waals surface area contributed by atoms with Gasteiger partial charge in [0.1, 0.15) is 11.6 Å².